The van der Waals surface area contributed by atoms with Crippen LogP contribution in [0.5, 0.6) is 0 Å². The summed E-state index contributed by atoms with van der Waals surface area (Å²) in [6, 6.07) is 16.2. The first kappa shape index (κ1) is 18.7. The lowest BCUT2D eigenvalue weighted by Gasteiger charge is -2.10. The lowest BCUT2D eigenvalue weighted by molar-refractivity contribution is 0.601. The van der Waals surface area contributed by atoms with Gasteiger partial charge in [-0.05, 0) is 30.5 Å². The second-order valence-electron chi connectivity index (χ2n) is 5.41. The second kappa shape index (κ2) is 7.65. The number of hydrogen-bond donors (Lipinski definition) is 2. The Morgan fingerprint density at radius 1 is 1.15 bits per heavy atom. The van der Waals surface area contributed by atoms with E-state index in [9.17, 15) is 18.5 Å². The van der Waals surface area contributed by atoms with Crippen LogP contribution >= 0.6 is 11.8 Å². The van der Waals surface area contributed by atoms with Crippen LogP contribution < -0.4 is 10.3 Å². The van der Waals surface area contributed by atoms with Gasteiger partial charge in [-0.25, -0.2) is 13.4 Å². The molecule has 27 heavy (non-hydrogen) atoms. The standard InChI is InChI=1S/C18H14N4O3S2/c1-26-18-20-16(15(11-19)17(23)21-18)12-6-5-7-13(10-12)22-27(24,25)14-8-3-2-4-9-14/h2-10,22H,1H3,(H,20,21,23). The highest BCUT2D eigenvalue weighted by Crippen LogP contribution is 2.25. The number of nitriles is 1. The van der Waals surface area contributed by atoms with E-state index in [2.05, 4.69) is 14.7 Å². The molecule has 0 amide bonds. The molecule has 0 radical (unpaired) electrons. The molecule has 3 rings (SSSR count). The quantitative estimate of drug-likeness (QED) is 0.504. The number of benzene rings is 2. The lowest BCUT2D eigenvalue weighted by Crippen LogP contribution is -2.15. The van der Waals surface area contributed by atoms with Crippen molar-refractivity contribution in [2.24, 2.45) is 0 Å². The zero-order valence-electron chi connectivity index (χ0n) is 14.1. The molecular weight excluding hydrogens is 384 g/mol. The molecule has 1 aromatic heterocycles. The molecule has 3 aromatic rings. The monoisotopic (exact) mass is 398 g/mol. The zero-order valence-corrected chi connectivity index (χ0v) is 15.8. The van der Waals surface area contributed by atoms with E-state index in [4.69, 9.17) is 0 Å². The molecule has 0 saturated carbocycles. The topological polar surface area (TPSA) is 116 Å². The summed E-state index contributed by atoms with van der Waals surface area (Å²) < 4.78 is 27.5. The Hall–Kier alpha value is -3.09. The summed E-state index contributed by atoms with van der Waals surface area (Å²) in [6.45, 7) is 0. The lowest BCUT2D eigenvalue weighted by atomic mass is 10.1. The van der Waals surface area contributed by atoms with Gasteiger partial charge in [0.15, 0.2) is 5.16 Å². The fourth-order valence-corrected chi connectivity index (χ4v) is 3.85. The maximum Gasteiger partial charge on any atom is 0.270 e. The number of hydrogen-bond acceptors (Lipinski definition) is 6. The maximum absolute atomic E-state index is 12.5. The van der Waals surface area contributed by atoms with Crippen molar-refractivity contribution in [2.45, 2.75) is 10.1 Å². The third-order valence-electron chi connectivity index (χ3n) is 3.64. The van der Waals surface area contributed by atoms with Gasteiger partial charge in [0.2, 0.25) is 0 Å². The van der Waals surface area contributed by atoms with Gasteiger partial charge in [-0.1, -0.05) is 42.1 Å². The van der Waals surface area contributed by atoms with Crippen molar-refractivity contribution in [3.8, 4) is 17.3 Å². The minimum Gasteiger partial charge on any atom is -0.300 e. The predicted octanol–water partition coefficient (Wildman–Crippen LogP) is 2.83. The second-order valence-corrected chi connectivity index (χ2v) is 7.89. The fourth-order valence-electron chi connectivity index (χ4n) is 2.41. The van der Waals surface area contributed by atoms with Gasteiger partial charge in [-0.2, -0.15) is 5.26 Å². The highest BCUT2D eigenvalue weighted by Gasteiger charge is 2.16. The van der Waals surface area contributed by atoms with Gasteiger partial charge in [-0.3, -0.25) is 9.52 Å². The van der Waals surface area contributed by atoms with Crippen molar-refractivity contribution in [2.75, 3.05) is 11.0 Å². The van der Waals surface area contributed by atoms with Gasteiger partial charge >= 0.3 is 0 Å². The van der Waals surface area contributed by atoms with Crippen molar-refractivity contribution >= 4 is 27.5 Å². The third kappa shape index (κ3) is 4.02. The molecule has 2 N–H and O–H groups in total. The van der Waals surface area contributed by atoms with E-state index in [0.29, 0.717) is 16.4 Å². The van der Waals surface area contributed by atoms with E-state index in [1.165, 1.54) is 30.0 Å². The van der Waals surface area contributed by atoms with Crippen LogP contribution in [-0.2, 0) is 10.0 Å². The van der Waals surface area contributed by atoms with Crippen molar-refractivity contribution in [3.63, 3.8) is 0 Å². The number of aromatic amines is 1. The molecular formula is C18H14N4O3S2. The number of thioether (sulfide) groups is 1. The summed E-state index contributed by atoms with van der Waals surface area (Å²) in [6.07, 6.45) is 1.75. The largest absolute Gasteiger partial charge is 0.300 e. The van der Waals surface area contributed by atoms with Crippen molar-refractivity contribution in [1.82, 2.24) is 9.97 Å². The minimum absolute atomic E-state index is 0.129. The molecule has 0 unspecified atom stereocenters. The van der Waals surface area contributed by atoms with Crippen LogP contribution in [-0.4, -0.2) is 24.6 Å². The fraction of sp³-hybridized carbons (Fsp3) is 0.0556. The molecule has 0 bridgehead atoms. The van der Waals surface area contributed by atoms with Crippen LogP contribution in [0.15, 0.2) is 69.4 Å². The number of nitrogens with one attached hydrogen (secondary N) is 2. The molecule has 0 aliphatic carbocycles. The normalized spacial score (nSPS) is 11.0. The Labute approximate surface area is 160 Å². The number of sulfonamides is 1. The average Bonchev–Trinajstić information content (AvgIpc) is 2.68. The van der Waals surface area contributed by atoms with Crippen LogP contribution in [0.25, 0.3) is 11.3 Å². The Balaban J connectivity index is 2.04. The maximum atomic E-state index is 12.5. The summed E-state index contributed by atoms with van der Waals surface area (Å²) in [5.74, 6) is 0. The molecule has 0 atom stereocenters. The third-order valence-corrected chi connectivity index (χ3v) is 5.62. The SMILES string of the molecule is CSc1nc(-c2cccc(NS(=O)(=O)c3ccccc3)c2)c(C#N)c(=O)[nH]1. The van der Waals surface area contributed by atoms with Crippen LogP contribution in [0.4, 0.5) is 5.69 Å². The van der Waals surface area contributed by atoms with Crippen LogP contribution in [0.1, 0.15) is 5.56 Å². The van der Waals surface area contributed by atoms with Gasteiger partial charge in [0.25, 0.3) is 15.6 Å². The molecule has 0 saturated heterocycles. The van der Waals surface area contributed by atoms with Gasteiger partial charge < -0.3 is 4.98 Å². The van der Waals surface area contributed by atoms with Gasteiger partial charge in [0, 0.05) is 11.3 Å². The van der Waals surface area contributed by atoms with E-state index in [1.54, 1.807) is 42.7 Å². The molecule has 2 aromatic carbocycles. The molecule has 0 aliphatic rings. The smallest absolute Gasteiger partial charge is 0.270 e. The van der Waals surface area contributed by atoms with Gasteiger partial charge in [0.1, 0.15) is 11.6 Å². The van der Waals surface area contributed by atoms with E-state index in [-0.39, 0.29) is 16.2 Å². The average molecular weight is 398 g/mol. The van der Waals surface area contributed by atoms with E-state index in [0.717, 1.165) is 0 Å². The minimum atomic E-state index is -3.76. The molecule has 7 nitrogen and oxygen atoms in total. The molecule has 0 fully saturated rings. The molecule has 1 heterocycles. The molecule has 0 aliphatic heterocycles. The summed E-state index contributed by atoms with van der Waals surface area (Å²) in [4.78, 5) is 19.0. The van der Waals surface area contributed by atoms with Crippen LogP contribution in [0, 0.1) is 11.3 Å². The number of rotatable bonds is 5. The summed E-state index contributed by atoms with van der Waals surface area (Å²) in [5.41, 5.74) is 0.290. The summed E-state index contributed by atoms with van der Waals surface area (Å²) in [7, 11) is -3.76. The van der Waals surface area contributed by atoms with Gasteiger partial charge in [-0.15, -0.1) is 0 Å². The van der Waals surface area contributed by atoms with E-state index in [1.807, 2.05) is 6.07 Å². The van der Waals surface area contributed by atoms with Crippen molar-refractivity contribution < 1.29 is 8.42 Å². The molecule has 9 heteroatoms. The number of aromatic nitrogens is 2. The van der Waals surface area contributed by atoms with Crippen molar-refractivity contribution in [1.29, 1.82) is 5.26 Å². The molecule has 136 valence electrons. The van der Waals surface area contributed by atoms with Crippen LogP contribution in [0.2, 0.25) is 0 Å². The predicted molar refractivity (Wildman–Crippen MR) is 104 cm³/mol. The molecule has 0 spiro atoms. The summed E-state index contributed by atoms with van der Waals surface area (Å²) in [5, 5.41) is 9.67. The van der Waals surface area contributed by atoms with Gasteiger partial charge in [0.05, 0.1) is 10.6 Å². The number of H-pyrrole nitrogens is 1. The van der Waals surface area contributed by atoms with Crippen LogP contribution in [0.3, 0.4) is 0 Å². The number of nitrogens with zero attached hydrogens (tertiary/aromatic N) is 2. The Bertz CT molecular complexity index is 1180. The Morgan fingerprint density at radius 2 is 1.89 bits per heavy atom. The Kier molecular flexibility index (Phi) is 5.30. The summed E-state index contributed by atoms with van der Waals surface area (Å²) >= 11 is 1.23. The highest BCUT2D eigenvalue weighted by atomic mass is 32.2. The first-order chi connectivity index (χ1) is 12.9. The highest BCUT2D eigenvalue weighted by molar-refractivity contribution is 7.98. The van der Waals surface area contributed by atoms with E-state index < -0.39 is 15.6 Å². The van der Waals surface area contributed by atoms with E-state index >= 15 is 0 Å². The van der Waals surface area contributed by atoms with Crippen molar-refractivity contribution in [3.05, 3.63) is 70.5 Å². The first-order valence-corrected chi connectivity index (χ1v) is 10.4. The zero-order chi connectivity index (χ0) is 19.4. The first-order valence-electron chi connectivity index (χ1n) is 7.71. The number of anilines is 1. The Morgan fingerprint density at radius 3 is 2.56 bits per heavy atom.